The van der Waals surface area contributed by atoms with Gasteiger partial charge in [-0.1, -0.05) is 30.3 Å². The van der Waals surface area contributed by atoms with Crippen molar-refractivity contribution in [1.82, 2.24) is 25.2 Å². The summed E-state index contributed by atoms with van der Waals surface area (Å²) in [5.41, 5.74) is 3.46. The lowest BCUT2D eigenvalue weighted by Gasteiger charge is -2.06. The van der Waals surface area contributed by atoms with Crippen molar-refractivity contribution in [2.75, 3.05) is 0 Å². The molecule has 5 nitrogen and oxygen atoms in total. The number of aromatic nitrogens is 5. The van der Waals surface area contributed by atoms with Gasteiger partial charge in [-0.25, -0.2) is 0 Å². The smallest absolute Gasteiger partial charge is 0.204 e. The third kappa shape index (κ3) is 2.18. The molecule has 0 radical (unpaired) electrons. The minimum absolute atomic E-state index is 0.618. The fraction of sp³-hybridized carbons (Fsp3) is 0.0625. The first kappa shape index (κ1) is 11.8. The maximum Gasteiger partial charge on any atom is 0.204 e. The predicted octanol–water partition coefficient (Wildman–Crippen LogP) is 2.87. The van der Waals surface area contributed by atoms with Crippen molar-refractivity contribution in [3.8, 4) is 11.4 Å². The van der Waals surface area contributed by atoms with Gasteiger partial charge in [0, 0.05) is 29.2 Å². The second kappa shape index (κ2) is 4.86. The molecular formula is C16H13N5. The highest BCUT2D eigenvalue weighted by molar-refractivity contribution is 5.84. The summed E-state index contributed by atoms with van der Waals surface area (Å²) in [6, 6.07) is 18.8. The lowest BCUT2D eigenvalue weighted by Crippen LogP contribution is -1.97. The molecule has 2 aromatic heterocycles. The van der Waals surface area contributed by atoms with Crippen molar-refractivity contribution in [2.45, 2.75) is 6.54 Å². The van der Waals surface area contributed by atoms with E-state index in [2.05, 4.69) is 73.9 Å². The van der Waals surface area contributed by atoms with E-state index in [9.17, 15) is 0 Å². The SMILES string of the molecule is c1ccc(Cn2ccc3cc(-c4nn[nH]n4)ccc32)cc1. The number of nitrogens with zero attached hydrogens (tertiary/aromatic N) is 4. The number of hydrogen-bond acceptors (Lipinski definition) is 3. The number of rotatable bonds is 3. The summed E-state index contributed by atoms with van der Waals surface area (Å²) in [5, 5.41) is 15.3. The van der Waals surface area contributed by atoms with Crippen LogP contribution in [-0.4, -0.2) is 25.2 Å². The van der Waals surface area contributed by atoms with Crippen molar-refractivity contribution in [1.29, 1.82) is 0 Å². The Hall–Kier alpha value is -2.95. The van der Waals surface area contributed by atoms with E-state index in [1.807, 2.05) is 12.1 Å². The molecule has 0 fully saturated rings. The van der Waals surface area contributed by atoms with Crippen molar-refractivity contribution in [3.05, 3.63) is 66.4 Å². The van der Waals surface area contributed by atoms with Crippen LogP contribution in [0.4, 0.5) is 0 Å². The monoisotopic (exact) mass is 275 g/mol. The van der Waals surface area contributed by atoms with E-state index in [0.29, 0.717) is 5.82 Å². The summed E-state index contributed by atoms with van der Waals surface area (Å²) in [6.45, 7) is 0.867. The standard InChI is InChI=1S/C16H13N5/c1-2-4-12(5-3-1)11-21-9-8-13-10-14(6-7-15(13)21)16-17-19-20-18-16/h1-10H,11H2,(H,17,18,19,20). The zero-order valence-corrected chi connectivity index (χ0v) is 11.3. The largest absolute Gasteiger partial charge is 0.343 e. The van der Waals surface area contributed by atoms with Crippen molar-refractivity contribution in [2.24, 2.45) is 0 Å². The lowest BCUT2D eigenvalue weighted by molar-refractivity contribution is 0.837. The Morgan fingerprint density at radius 2 is 1.90 bits per heavy atom. The predicted molar refractivity (Wildman–Crippen MR) is 80.7 cm³/mol. The second-order valence-corrected chi connectivity index (χ2v) is 4.94. The number of H-pyrrole nitrogens is 1. The first-order valence-electron chi connectivity index (χ1n) is 6.77. The van der Waals surface area contributed by atoms with Crippen LogP contribution in [0.15, 0.2) is 60.8 Å². The van der Waals surface area contributed by atoms with Gasteiger partial charge in [0.05, 0.1) is 0 Å². The highest BCUT2D eigenvalue weighted by Crippen LogP contribution is 2.23. The van der Waals surface area contributed by atoms with Gasteiger partial charge in [0.25, 0.3) is 0 Å². The van der Waals surface area contributed by atoms with Crippen LogP contribution in [0.3, 0.4) is 0 Å². The summed E-state index contributed by atoms with van der Waals surface area (Å²) < 4.78 is 2.24. The Bertz CT molecular complexity index is 862. The molecule has 0 atom stereocenters. The zero-order valence-electron chi connectivity index (χ0n) is 11.3. The number of tetrazole rings is 1. The third-order valence-corrected chi connectivity index (χ3v) is 3.57. The molecule has 0 aliphatic rings. The summed E-state index contributed by atoms with van der Waals surface area (Å²) in [6.07, 6.45) is 2.11. The minimum atomic E-state index is 0.618. The van der Waals surface area contributed by atoms with E-state index < -0.39 is 0 Å². The second-order valence-electron chi connectivity index (χ2n) is 4.94. The molecule has 2 heterocycles. The maximum absolute atomic E-state index is 4.01. The number of fused-ring (bicyclic) bond motifs is 1. The van der Waals surface area contributed by atoms with Crippen molar-refractivity contribution < 1.29 is 0 Å². The number of nitrogens with one attached hydrogen (secondary N) is 1. The first-order chi connectivity index (χ1) is 10.4. The van der Waals surface area contributed by atoms with Crippen molar-refractivity contribution >= 4 is 10.9 Å². The summed E-state index contributed by atoms with van der Waals surface area (Å²) in [7, 11) is 0. The molecule has 0 saturated heterocycles. The van der Waals surface area contributed by atoms with Gasteiger partial charge < -0.3 is 4.57 Å². The molecule has 102 valence electrons. The van der Waals surface area contributed by atoms with Crippen LogP contribution in [0.5, 0.6) is 0 Å². The minimum Gasteiger partial charge on any atom is -0.343 e. The van der Waals surface area contributed by atoms with Gasteiger partial charge in [0.15, 0.2) is 0 Å². The Kier molecular flexibility index (Phi) is 2.74. The zero-order chi connectivity index (χ0) is 14.1. The maximum atomic E-state index is 4.01. The normalized spacial score (nSPS) is 11.0. The fourth-order valence-corrected chi connectivity index (χ4v) is 2.54. The van der Waals surface area contributed by atoms with Crippen LogP contribution in [0.2, 0.25) is 0 Å². The van der Waals surface area contributed by atoms with Crippen LogP contribution in [0.25, 0.3) is 22.3 Å². The van der Waals surface area contributed by atoms with E-state index in [-0.39, 0.29) is 0 Å². The first-order valence-corrected chi connectivity index (χ1v) is 6.77. The van der Waals surface area contributed by atoms with Crippen LogP contribution in [0.1, 0.15) is 5.56 Å². The molecule has 2 aromatic carbocycles. The van der Waals surface area contributed by atoms with E-state index in [1.54, 1.807) is 0 Å². The summed E-state index contributed by atoms with van der Waals surface area (Å²) in [5.74, 6) is 0.618. The van der Waals surface area contributed by atoms with E-state index >= 15 is 0 Å². The molecule has 0 bridgehead atoms. The van der Waals surface area contributed by atoms with Gasteiger partial charge in [0.1, 0.15) is 0 Å². The van der Waals surface area contributed by atoms with Crippen LogP contribution in [-0.2, 0) is 6.54 Å². The van der Waals surface area contributed by atoms with E-state index in [4.69, 9.17) is 0 Å². The highest BCUT2D eigenvalue weighted by atomic mass is 15.5. The third-order valence-electron chi connectivity index (χ3n) is 3.57. The number of benzene rings is 2. The quantitative estimate of drug-likeness (QED) is 0.625. The highest BCUT2D eigenvalue weighted by Gasteiger charge is 2.06. The van der Waals surface area contributed by atoms with Gasteiger partial charge in [-0.15, -0.1) is 10.2 Å². The molecular weight excluding hydrogens is 262 g/mol. The molecule has 4 rings (SSSR count). The number of aromatic amines is 1. The molecule has 4 aromatic rings. The molecule has 0 spiro atoms. The molecule has 0 aliphatic heterocycles. The molecule has 0 unspecified atom stereocenters. The Morgan fingerprint density at radius 3 is 2.71 bits per heavy atom. The van der Waals surface area contributed by atoms with Gasteiger partial charge in [0.2, 0.25) is 5.82 Å². The Balaban J connectivity index is 1.72. The molecule has 5 heteroatoms. The fourth-order valence-electron chi connectivity index (χ4n) is 2.54. The Morgan fingerprint density at radius 1 is 1.00 bits per heavy atom. The summed E-state index contributed by atoms with van der Waals surface area (Å²) in [4.78, 5) is 0. The average Bonchev–Trinajstić information content (AvgIpc) is 3.18. The van der Waals surface area contributed by atoms with Crippen LogP contribution < -0.4 is 0 Å². The molecule has 0 saturated carbocycles. The molecule has 0 aliphatic carbocycles. The van der Waals surface area contributed by atoms with Crippen molar-refractivity contribution in [3.63, 3.8) is 0 Å². The van der Waals surface area contributed by atoms with Crippen LogP contribution >= 0.6 is 0 Å². The number of hydrogen-bond donors (Lipinski definition) is 1. The topological polar surface area (TPSA) is 59.4 Å². The van der Waals surface area contributed by atoms with E-state index in [0.717, 1.165) is 12.1 Å². The van der Waals surface area contributed by atoms with Crippen LogP contribution in [0, 0.1) is 0 Å². The summed E-state index contributed by atoms with van der Waals surface area (Å²) >= 11 is 0. The Labute approximate surface area is 121 Å². The molecule has 1 N–H and O–H groups in total. The van der Waals surface area contributed by atoms with Gasteiger partial charge in [-0.05, 0) is 35.0 Å². The van der Waals surface area contributed by atoms with Gasteiger partial charge in [-0.2, -0.15) is 5.21 Å². The lowest BCUT2D eigenvalue weighted by atomic mass is 10.1. The average molecular weight is 275 g/mol. The van der Waals surface area contributed by atoms with Gasteiger partial charge in [-0.3, -0.25) is 0 Å². The van der Waals surface area contributed by atoms with E-state index in [1.165, 1.54) is 16.5 Å². The van der Waals surface area contributed by atoms with Gasteiger partial charge >= 0.3 is 0 Å². The molecule has 21 heavy (non-hydrogen) atoms. The molecule has 0 amide bonds.